The number of likely N-dealkylation sites (N-methyl/N-ethyl adjacent to an activating group) is 1. The number of aromatic carboxylic acids is 1. The van der Waals surface area contributed by atoms with Gasteiger partial charge in [0.1, 0.15) is 0 Å². The largest absolute Gasteiger partial charge is 0.478 e. The first-order valence-electron chi connectivity index (χ1n) is 7.04. The second-order valence-electron chi connectivity index (χ2n) is 4.93. The summed E-state index contributed by atoms with van der Waals surface area (Å²) in [6.45, 7) is 8.27. The first-order valence-corrected chi connectivity index (χ1v) is 7.04. The molecule has 1 aromatic carbocycles. The standard InChI is InChI=1S/C15H22N2O2/c1-3-5-8-17-10-9-16(4-2)13-7-6-12(15(18)19)11-14(13)17/h6-7,11H,3-5,8-10H2,1-2H3,(H,18,19). The topological polar surface area (TPSA) is 43.8 Å². The first-order chi connectivity index (χ1) is 9.17. The molecule has 19 heavy (non-hydrogen) atoms. The molecule has 0 aromatic heterocycles. The minimum Gasteiger partial charge on any atom is -0.478 e. The lowest BCUT2D eigenvalue weighted by Crippen LogP contribution is -2.41. The maximum atomic E-state index is 11.1. The number of carboxylic acids is 1. The van der Waals surface area contributed by atoms with Gasteiger partial charge < -0.3 is 14.9 Å². The van der Waals surface area contributed by atoms with Crippen LogP contribution in [-0.2, 0) is 0 Å². The maximum absolute atomic E-state index is 11.1. The van der Waals surface area contributed by atoms with E-state index in [4.69, 9.17) is 5.11 Å². The van der Waals surface area contributed by atoms with E-state index in [2.05, 4.69) is 23.6 Å². The van der Waals surface area contributed by atoms with Crippen LogP contribution in [0.1, 0.15) is 37.0 Å². The van der Waals surface area contributed by atoms with Crippen LogP contribution in [-0.4, -0.2) is 37.3 Å². The maximum Gasteiger partial charge on any atom is 0.335 e. The molecule has 0 aliphatic carbocycles. The van der Waals surface area contributed by atoms with Gasteiger partial charge in [0, 0.05) is 26.2 Å². The normalized spacial score (nSPS) is 14.4. The molecule has 0 fully saturated rings. The van der Waals surface area contributed by atoms with Crippen molar-refractivity contribution in [1.82, 2.24) is 0 Å². The zero-order valence-electron chi connectivity index (χ0n) is 11.7. The van der Waals surface area contributed by atoms with Crippen LogP contribution in [0.5, 0.6) is 0 Å². The molecule has 2 rings (SSSR count). The van der Waals surface area contributed by atoms with Crippen molar-refractivity contribution >= 4 is 17.3 Å². The average Bonchev–Trinajstić information content (AvgIpc) is 2.43. The van der Waals surface area contributed by atoms with Gasteiger partial charge in [0.05, 0.1) is 16.9 Å². The highest BCUT2D eigenvalue weighted by atomic mass is 16.4. The van der Waals surface area contributed by atoms with Crippen molar-refractivity contribution in [2.24, 2.45) is 0 Å². The van der Waals surface area contributed by atoms with Crippen LogP contribution in [0.15, 0.2) is 18.2 Å². The van der Waals surface area contributed by atoms with Crippen molar-refractivity contribution < 1.29 is 9.90 Å². The summed E-state index contributed by atoms with van der Waals surface area (Å²) in [6, 6.07) is 5.46. The third kappa shape index (κ3) is 2.83. The minimum atomic E-state index is -0.855. The molecule has 1 aliphatic rings. The number of rotatable bonds is 5. The van der Waals surface area contributed by atoms with E-state index in [0.717, 1.165) is 50.4 Å². The lowest BCUT2D eigenvalue weighted by molar-refractivity contribution is 0.0697. The lowest BCUT2D eigenvalue weighted by atomic mass is 10.1. The molecule has 4 nitrogen and oxygen atoms in total. The highest BCUT2D eigenvalue weighted by Crippen LogP contribution is 2.34. The lowest BCUT2D eigenvalue weighted by Gasteiger charge is -2.38. The summed E-state index contributed by atoms with van der Waals surface area (Å²) in [5.41, 5.74) is 2.61. The molecule has 1 aliphatic heterocycles. The van der Waals surface area contributed by atoms with Crippen molar-refractivity contribution in [3.63, 3.8) is 0 Å². The van der Waals surface area contributed by atoms with E-state index < -0.39 is 5.97 Å². The van der Waals surface area contributed by atoms with Crippen molar-refractivity contribution in [1.29, 1.82) is 0 Å². The summed E-state index contributed by atoms with van der Waals surface area (Å²) in [5, 5.41) is 9.14. The fraction of sp³-hybridized carbons (Fsp3) is 0.533. The molecule has 1 aromatic rings. The van der Waals surface area contributed by atoms with Crippen molar-refractivity contribution in [3.05, 3.63) is 23.8 Å². The Kier molecular flexibility index (Phi) is 4.30. The average molecular weight is 262 g/mol. The Labute approximate surface area is 114 Å². The highest BCUT2D eigenvalue weighted by Gasteiger charge is 2.22. The minimum absolute atomic E-state index is 0.373. The number of anilines is 2. The molecule has 1 heterocycles. The fourth-order valence-electron chi connectivity index (χ4n) is 2.57. The number of hydrogen-bond acceptors (Lipinski definition) is 3. The monoisotopic (exact) mass is 262 g/mol. The molecule has 0 saturated heterocycles. The van der Waals surface area contributed by atoms with E-state index in [1.54, 1.807) is 6.07 Å². The predicted octanol–water partition coefficient (Wildman–Crippen LogP) is 2.83. The van der Waals surface area contributed by atoms with Gasteiger partial charge in [-0.15, -0.1) is 0 Å². The first kappa shape index (κ1) is 13.7. The summed E-state index contributed by atoms with van der Waals surface area (Å²) in [6.07, 6.45) is 2.30. The SMILES string of the molecule is CCCCN1CCN(CC)c2ccc(C(=O)O)cc21. The molecular weight excluding hydrogens is 240 g/mol. The number of hydrogen-bond donors (Lipinski definition) is 1. The number of unbranched alkanes of at least 4 members (excludes halogenated alkanes) is 1. The van der Waals surface area contributed by atoms with E-state index in [1.807, 2.05) is 12.1 Å². The van der Waals surface area contributed by atoms with Gasteiger partial charge in [0.2, 0.25) is 0 Å². The zero-order valence-corrected chi connectivity index (χ0v) is 11.7. The number of nitrogens with zero attached hydrogens (tertiary/aromatic N) is 2. The zero-order chi connectivity index (χ0) is 13.8. The Hall–Kier alpha value is -1.71. The molecule has 4 heteroatoms. The second kappa shape index (κ2) is 5.95. The van der Waals surface area contributed by atoms with Gasteiger partial charge >= 0.3 is 5.97 Å². The molecule has 0 amide bonds. The molecule has 104 valence electrons. The summed E-state index contributed by atoms with van der Waals surface area (Å²) >= 11 is 0. The van der Waals surface area contributed by atoms with E-state index >= 15 is 0 Å². The van der Waals surface area contributed by atoms with Gasteiger partial charge in [0.25, 0.3) is 0 Å². The predicted molar refractivity (Wildman–Crippen MR) is 78.4 cm³/mol. The molecule has 0 atom stereocenters. The van der Waals surface area contributed by atoms with E-state index in [0.29, 0.717) is 5.56 Å². The highest BCUT2D eigenvalue weighted by molar-refractivity contribution is 5.91. The third-order valence-corrected chi connectivity index (χ3v) is 3.71. The summed E-state index contributed by atoms with van der Waals surface area (Å²) in [5.74, 6) is -0.855. The third-order valence-electron chi connectivity index (χ3n) is 3.71. The van der Waals surface area contributed by atoms with Crippen molar-refractivity contribution in [2.45, 2.75) is 26.7 Å². The van der Waals surface area contributed by atoms with Crippen LogP contribution in [0.3, 0.4) is 0 Å². The Bertz CT molecular complexity index is 459. The number of fused-ring (bicyclic) bond motifs is 1. The molecule has 1 N–H and O–H groups in total. The van der Waals surface area contributed by atoms with Gasteiger partial charge in [-0.1, -0.05) is 13.3 Å². The Balaban J connectivity index is 2.35. The van der Waals surface area contributed by atoms with Crippen molar-refractivity contribution in [3.8, 4) is 0 Å². The summed E-state index contributed by atoms with van der Waals surface area (Å²) in [4.78, 5) is 15.8. The van der Waals surface area contributed by atoms with Crippen molar-refractivity contribution in [2.75, 3.05) is 36.0 Å². The number of carboxylic acid groups (broad SMARTS) is 1. The van der Waals surface area contributed by atoms with E-state index in [-0.39, 0.29) is 0 Å². The smallest absolute Gasteiger partial charge is 0.335 e. The summed E-state index contributed by atoms with van der Waals surface area (Å²) < 4.78 is 0. The Morgan fingerprint density at radius 2 is 1.95 bits per heavy atom. The number of carbonyl (C=O) groups is 1. The summed E-state index contributed by atoms with van der Waals surface area (Å²) in [7, 11) is 0. The molecular formula is C15H22N2O2. The van der Waals surface area contributed by atoms with E-state index in [1.165, 1.54) is 0 Å². The van der Waals surface area contributed by atoms with Gasteiger partial charge in [0.15, 0.2) is 0 Å². The van der Waals surface area contributed by atoms with Crippen LogP contribution >= 0.6 is 0 Å². The molecule has 0 saturated carbocycles. The van der Waals surface area contributed by atoms with Crippen LogP contribution in [0.25, 0.3) is 0 Å². The van der Waals surface area contributed by atoms with Crippen LogP contribution < -0.4 is 9.80 Å². The van der Waals surface area contributed by atoms with Gasteiger partial charge in [-0.2, -0.15) is 0 Å². The van der Waals surface area contributed by atoms with Crippen LogP contribution in [0.2, 0.25) is 0 Å². The quantitative estimate of drug-likeness (QED) is 0.886. The molecule has 0 unspecified atom stereocenters. The van der Waals surface area contributed by atoms with Gasteiger partial charge in [-0.3, -0.25) is 0 Å². The molecule has 0 spiro atoms. The molecule has 0 bridgehead atoms. The van der Waals surface area contributed by atoms with E-state index in [9.17, 15) is 4.79 Å². The molecule has 0 radical (unpaired) electrons. The Morgan fingerprint density at radius 1 is 1.21 bits per heavy atom. The van der Waals surface area contributed by atoms with Gasteiger partial charge in [-0.25, -0.2) is 4.79 Å². The van der Waals surface area contributed by atoms with Crippen LogP contribution in [0, 0.1) is 0 Å². The van der Waals surface area contributed by atoms with Gasteiger partial charge in [-0.05, 0) is 31.5 Å². The fourth-order valence-corrected chi connectivity index (χ4v) is 2.57. The van der Waals surface area contributed by atoms with Crippen LogP contribution in [0.4, 0.5) is 11.4 Å². The Morgan fingerprint density at radius 3 is 2.58 bits per heavy atom. The second-order valence-corrected chi connectivity index (χ2v) is 4.93. The number of benzene rings is 1.